The number of rotatable bonds is 10. The predicted molar refractivity (Wildman–Crippen MR) is 111 cm³/mol. The minimum Gasteiger partial charge on any atom is -0.481 e. The third-order valence-electron chi connectivity index (χ3n) is 4.54. The molecule has 0 bridgehead atoms. The van der Waals surface area contributed by atoms with Crippen molar-refractivity contribution in [2.45, 2.75) is 39.8 Å². The SMILES string of the molecule is Cc1cc(C)c(CNCO[PH](=O)C[C@@H](O)CC(=O)O)c(-c2ccc(F)c(C)c2)c1. The monoisotopic (exact) mass is 423 g/mol. The summed E-state index contributed by atoms with van der Waals surface area (Å²) in [6, 6.07) is 9.12. The molecule has 0 fully saturated rings. The van der Waals surface area contributed by atoms with E-state index in [-0.39, 0.29) is 18.7 Å². The Kier molecular flexibility index (Phi) is 8.53. The Hall–Kier alpha value is -2.05. The van der Waals surface area contributed by atoms with Crippen LogP contribution in [0.4, 0.5) is 4.39 Å². The fraction of sp³-hybridized carbons (Fsp3) is 0.381. The van der Waals surface area contributed by atoms with E-state index < -0.39 is 26.5 Å². The smallest absolute Gasteiger partial charge is 0.305 e. The van der Waals surface area contributed by atoms with Crippen molar-refractivity contribution in [1.82, 2.24) is 5.32 Å². The Balaban J connectivity index is 2.03. The van der Waals surface area contributed by atoms with E-state index in [1.54, 1.807) is 13.0 Å². The lowest BCUT2D eigenvalue weighted by atomic mass is 9.93. The van der Waals surface area contributed by atoms with Gasteiger partial charge in [-0.25, -0.2) is 4.39 Å². The summed E-state index contributed by atoms with van der Waals surface area (Å²) >= 11 is 0. The summed E-state index contributed by atoms with van der Waals surface area (Å²) in [4.78, 5) is 10.5. The molecule has 29 heavy (non-hydrogen) atoms. The molecule has 0 radical (unpaired) electrons. The van der Waals surface area contributed by atoms with Crippen molar-refractivity contribution in [3.8, 4) is 11.1 Å². The molecule has 0 aromatic heterocycles. The van der Waals surface area contributed by atoms with Crippen LogP contribution in [0.15, 0.2) is 30.3 Å². The maximum Gasteiger partial charge on any atom is 0.305 e. The number of carboxylic acid groups (broad SMARTS) is 1. The van der Waals surface area contributed by atoms with Crippen LogP contribution in [-0.4, -0.2) is 35.2 Å². The molecule has 0 aliphatic rings. The first-order chi connectivity index (χ1) is 13.7. The van der Waals surface area contributed by atoms with Crippen LogP contribution in [0, 0.1) is 26.6 Å². The molecule has 0 aliphatic heterocycles. The number of carbonyl (C=O) groups is 1. The molecule has 158 valence electrons. The number of hydrogen-bond donors (Lipinski definition) is 3. The van der Waals surface area contributed by atoms with Crippen molar-refractivity contribution in [1.29, 1.82) is 0 Å². The Labute approximate surface area is 170 Å². The Morgan fingerprint density at radius 3 is 2.59 bits per heavy atom. The first-order valence-electron chi connectivity index (χ1n) is 9.30. The zero-order chi connectivity index (χ0) is 21.6. The van der Waals surface area contributed by atoms with E-state index in [1.165, 1.54) is 6.07 Å². The highest BCUT2D eigenvalue weighted by molar-refractivity contribution is 7.39. The molecule has 0 saturated carbocycles. The highest BCUT2D eigenvalue weighted by Gasteiger charge is 2.14. The van der Waals surface area contributed by atoms with E-state index in [0.717, 1.165) is 27.8 Å². The second kappa shape index (κ2) is 10.6. The second-order valence-corrected chi connectivity index (χ2v) is 8.56. The minimum atomic E-state index is -2.54. The fourth-order valence-corrected chi connectivity index (χ4v) is 4.04. The molecule has 0 heterocycles. The van der Waals surface area contributed by atoms with Crippen LogP contribution in [0.2, 0.25) is 0 Å². The molecule has 8 heteroatoms. The number of aryl methyl sites for hydroxylation is 3. The van der Waals surface area contributed by atoms with E-state index in [2.05, 4.69) is 11.4 Å². The van der Waals surface area contributed by atoms with Crippen molar-refractivity contribution in [3.05, 3.63) is 58.4 Å². The largest absolute Gasteiger partial charge is 0.481 e. The number of aliphatic hydroxyl groups is 1. The molecule has 6 nitrogen and oxygen atoms in total. The van der Waals surface area contributed by atoms with E-state index >= 15 is 0 Å². The molecule has 2 aromatic carbocycles. The molecular formula is C21H27FNO5P. The van der Waals surface area contributed by atoms with Gasteiger partial charge in [0.05, 0.1) is 12.5 Å². The molecular weight excluding hydrogens is 396 g/mol. The van der Waals surface area contributed by atoms with Gasteiger partial charge in [-0.2, -0.15) is 0 Å². The van der Waals surface area contributed by atoms with Gasteiger partial charge in [-0.3, -0.25) is 14.7 Å². The maximum atomic E-state index is 13.7. The summed E-state index contributed by atoms with van der Waals surface area (Å²) < 4.78 is 30.7. The average Bonchev–Trinajstić information content (AvgIpc) is 2.61. The van der Waals surface area contributed by atoms with E-state index in [0.29, 0.717) is 12.1 Å². The van der Waals surface area contributed by atoms with E-state index in [1.807, 2.05) is 26.0 Å². The molecule has 0 spiro atoms. The van der Waals surface area contributed by atoms with Gasteiger partial charge < -0.3 is 14.7 Å². The van der Waals surface area contributed by atoms with Gasteiger partial charge in [0, 0.05) is 12.7 Å². The highest BCUT2D eigenvalue weighted by Crippen LogP contribution is 2.29. The van der Waals surface area contributed by atoms with Crippen molar-refractivity contribution in [2.24, 2.45) is 0 Å². The lowest BCUT2D eigenvalue weighted by Gasteiger charge is -2.16. The molecule has 0 amide bonds. The zero-order valence-corrected chi connectivity index (χ0v) is 17.8. The van der Waals surface area contributed by atoms with Gasteiger partial charge >= 0.3 is 5.97 Å². The fourth-order valence-electron chi connectivity index (χ4n) is 3.13. The standard InChI is InChI=1S/C21H27FNO5P/c1-13-6-14(2)19(18(7-13)16-4-5-20(22)15(3)8-16)10-23-12-28-29(27)11-17(24)9-21(25)26/h4-8,17,23-24,29H,9-12H2,1-3H3,(H,25,26)/t17-/m0/s1. The summed E-state index contributed by atoms with van der Waals surface area (Å²) in [5, 5.41) is 21.2. The predicted octanol–water partition coefficient (Wildman–Crippen LogP) is 3.79. The number of aliphatic carboxylic acids is 1. The molecule has 3 N–H and O–H groups in total. The summed E-state index contributed by atoms with van der Waals surface area (Å²) in [6.07, 6.45) is -1.84. The first-order valence-corrected chi connectivity index (χ1v) is 10.8. The number of aliphatic hydroxyl groups excluding tert-OH is 1. The van der Waals surface area contributed by atoms with Crippen LogP contribution >= 0.6 is 8.03 Å². The van der Waals surface area contributed by atoms with Gasteiger partial charge in [0.15, 0.2) is 8.03 Å². The molecule has 2 rings (SSSR count). The molecule has 1 unspecified atom stereocenters. The third kappa shape index (κ3) is 7.05. The van der Waals surface area contributed by atoms with Crippen molar-refractivity contribution >= 4 is 14.0 Å². The number of benzene rings is 2. The topological polar surface area (TPSA) is 95.9 Å². The minimum absolute atomic E-state index is 0.00674. The normalized spacial score (nSPS) is 13.3. The maximum absolute atomic E-state index is 13.7. The van der Waals surface area contributed by atoms with Crippen LogP contribution in [0.1, 0.15) is 28.7 Å². The van der Waals surface area contributed by atoms with Crippen molar-refractivity contribution in [2.75, 3.05) is 12.9 Å². The molecule has 2 aromatic rings. The average molecular weight is 423 g/mol. The highest BCUT2D eigenvalue weighted by atomic mass is 31.1. The lowest BCUT2D eigenvalue weighted by molar-refractivity contribution is -0.138. The van der Waals surface area contributed by atoms with Crippen molar-refractivity contribution in [3.63, 3.8) is 0 Å². The van der Waals surface area contributed by atoms with Crippen LogP contribution in [-0.2, 0) is 20.4 Å². The van der Waals surface area contributed by atoms with Gasteiger partial charge in [0.1, 0.15) is 12.5 Å². The Morgan fingerprint density at radius 2 is 1.93 bits per heavy atom. The van der Waals surface area contributed by atoms with Gasteiger partial charge in [0.2, 0.25) is 0 Å². The van der Waals surface area contributed by atoms with E-state index in [4.69, 9.17) is 9.63 Å². The number of halogens is 1. The van der Waals surface area contributed by atoms with Gasteiger partial charge in [-0.15, -0.1) is 0 Å². The second-order valence-electron chi connectivity index (χ2n) is 7.12. The van der Waals surface area contributed by atoms with Crippen LogP contribution in [0.25, 0.3) is 11.1 Å². The molecule has 2 atom stereocenters. The van der Waals surface area contributed by atoms with Gasteiger partial charge in [0.25, 0.3) is 0 Å². The first kappa shape index (κ1) is 23.2. The number of hydrogen-bond acceptors (Lipinski definition) is 5. The molecule has 0 aliphatic carbocycles. The quantitative estimate of drug-likeness (QED) is 0.306. The summed E-state index contributed by atoms with van der Waals surface area (Å²) in [5.74, 6) is -1.40. The van der Waals surface area contributed by atoms with Crippen LogP contribution in [0.5, 0.6) is 0 Å². The van der Waals surface area contributed by atoms with E-state index in [9.17, 15) is 18.9 Å². The number of carboxylic acids is 1. The summed E-state index contributed by atoms with van der Waals surface area (Å²) in [6.45, 7) is 6.18. The van der Waals surface area contributed by atoms with Gasteiger partial charge in [-0.05, 0) is 60.7 Å². The zero-order valence-electron chi connectivity index (χ0n) is 16.8. The lowest BCUT2D eigenvalue weighted by Crippen LogP contribution is -2.19. The van der Waals surface area contributed by atoms with Gasteiger partial charge in [-0.1, -0.05) is 23.8 Å². The Bertz CT molecular complexity index is 903. The summed E-state index contributed by atoms with van der Waals surface area (Å²) in [5.41, 5.74) is 5.66. The number of nitrogens with one attached hydrogen (secondary N) is 1. The molecule has 0 saturated heterocycles. The van der Waals surface area contributed by atoms with Crippen LogP contribution < -0.4 is 5.32 Å². The van der Waals surface area contributed by atoms with Crippen molar-refractivity contribution < 1.29 is 28.5 Å². The third-order valence-corrected chi connectivity index (χ3v) is 5.81. The Morgan fingerprint density at radius 1 is 1.21 bits per heavy atom. The summed E-state index contributed by atoms with van der Waals surface area (Å²) in [7, 11) is -2.54. The van der Waals surface area contributed by atoms with Crippen LogP contribution in [0.3, 0.4) is 0 Å².